The Kier molecular flexibility index (Phi) is 8.21. The highest BCUT2D eigenvalue weighted by atomic mass is 79.9. The summed E-state index contributed by atoms with van der Waals surface area (Å²) in [7, 11) is -2.01. The molecule has 6 heteroatoms. The predicted octanol–water partition coefficient (Wildman–Crippen LogP) is 3.68. The second-order valence-corrected chi connectivity index (χ2v) is 11.7. The van der Waals surface area contributed by atoms with Gasteiger partial charge in [0.25, 0.3) is 0 Å². The minimum atomic E-state index is -2.01. The fraction of sp³-hybridized carbons (Fsp3) is 0.857. The quantitative estimate of drug-likeness (QED) is 0.373. The van der Waals surface area contributed by atoms with Gasteiger partial charge in [0.2, 0.25) is 0 Å². The van der Waals surface area contributed by atoms with Gasteiger partial charge in [0.15, 0.2) is 8.32 Å². The molecule has 4 nitrogen and oxygen atoms in total. The number of alkyl halides is 1. The summed E-state index contributed by atoms with van der Waals surface area (Å²) in [5.41, 5.74) is 0. The number of hydrogen-bond acceptors (Lipinski definition) is 4. The van der Waals surface area contributed by atoms with Crippen LogP contribution >= 0.6 is 15.9 Å². The van der Waals surface area contributed by atoms with Crippen LogP contribution in [0.3, 0.4) is 0 Å². The molecule has 0 bridgehead atoms. The SMILES string of the molecule is CCOC(=O)C[C@@H](CC(=O)CBr)O[Si](C)(C)C(C)(C)C. The van der Waals surface area contributed by atoms with Gasteiger partial charge in [0.05, 0.1) is 24.5 Å². The van der Waals surface area contributed by atoms with Crippen LogP contribution in [0.1, 0.15) is 40.5 Å². The summed E-state index contributed by atoms with van der Waals surface area (Å²) >= 11 is 3.15. The van der Waals surface area contributed by atoms with E-state index in [0.717, 1.165) is 0 Å². The van der Waals surface area contributed by atoms with Crippen LogP contribution in [-0.4, -0.2) is 38.1 Å². The zero-order valence-electron chi connectivity index (χ0n) is 13.4. The number of hydrogen-bond donors (Lipinski definition) is 0. The maximum atomic E-state index is 11.6. The van der Waals surface area contributed by atoms with Crippen LogP contribution in [0.25, 0.3) is 0 Å². The molecule has 1 atom stereocenters. The van der Waals surface area contributed by atoms with Crippen LogP contribution in [0.15, 0.2) is 0 Å². The van der Waals surface area contributed by atoms with E-state index in [2.05, 4.69) is 49.8 Å². The molecule has 0 aliphatic carbocycles. The molecule has 0 saturated carbocycles. The minimum Gasteiger partial charge on any atom is -0.466 e. The van der Waals surface area contributed by atoms with E-state index in [-0.39, 0.29) is 41.1 Å². The minimum absolute atomic E-state index is 0.0390. The highest BCUT2D eigenvalue weighted by Gasteiger charge is 2.39. The van der Waals surface area contributed by atoms with Crippen molar-refractivity contribution in [2.75, 3.05) is 11.9 Å². The molecule has 0 aliphatic heterocycles. The molecule has 118 valence electrons. The van der Waals surface area contributed by atoms with Crippen LogP contribution in [0.4, 0.5) is 0 Å². The van der Waals surface area contributed by atoms with Gasteiger partial charge in [-0.1, -0.05) is 36.7 Å². The molecule has 0 aromatic rings. The fourth-order valence-corrected chi connectivity index (χ4v) is 3.05. The fourth-order valence-electron chi connectivity index (χ4n) is 1.46. The predicted molar refractivity (Wildman–Crippen MR) is 86.7 cm³/mol. The first kappa shape index (κ1) is 19.8. The molecular formula is C14H27BrO4Si. The summed E-state index contributed by atoms with van der Waals surface area (Å²) < 4.78 is 11.1. The van der Waals surface area contributed by atoms with Crippen LogP contribution in [0.2, 0.25) is 18.1 Å². The molecule has 0 heterocycles. The molecule has 0 unspecified atom stereocenters. The lowest BCUT2D eigenvalue weighted by molar-refractivity contribution is -0.145. The van der Waals surface area contributed by atoms with Gasteiger partial charge >= 0.3 is 5.97 Å². The lowest BCUT2D eigenvalue weighted by atomic mass is 10.1. The number of Topliss-reactive ketones (excluding diaryl/α,β-unsaturated/α-hetero) is 1. The van der Waals surface area contributed by atoms with Gasteiger partial charge in [-0.05, 0) is 25.1 Å². The molecule has 0 fully saturated rings. The van der Waals surface area contributed by atoms with Gasteiger partial charge in [0.1, 0.15) is 5.78 Å². The van der Waals surface area contributed by atoms with Crippen LogP contribution in [-0.2, 0) is 18.8 Å². The van der Waals surface area contributed by atoms with Gasteiger partial charge in [-0.3, -0.25) is 9.59 Å². The van der Waals surface area contributed by atoms with Gasteiger partial charge < -0.3 is 9.16 Å². The zero-order valence-corrected chi connectivity index (χ0v) is 16.0. The summed E-state index contributed by atoms with van der Waals surface area (Å²) in [5.74, 6) is -0.267. The first-order chi connectivity index (χ1) is 9.03. The first-order valence-corrected chi connectivity index (χ1v) is 11.0. The van der Waals surface area contributed by atoms with Crippen molar-refractivity contribution < 1.29 is 18.8 Å². The highest BCUT2D eigenvalue weighted by molar-refractivity contribution is 9.09. The normalized spacial score (nSPS) is 13.9. The van der Waals surface area contributed by atoms with Gasteiger partial charge in [-0.15, -0.1) is 0 Å². The third-order valence-electron chi connectivity index (χ3n) is 3.57. The molecule has 0 aliphatic rings. The number of carbonyl (C=O) groups is 2. The summed E-state index contributed by atoms with van der Waals surface area (Å²) in [6.07, 6.45) is -0.00431. The van der Waals surface area contributed by atoms with E-state index in [1.165, 1.54) is 0 Å². The lowest BCUT2D eigenvalue weighted by Gasteiger charge is -2.39. The maximum absolute atomic E-state index is 11.6. The number of ether oxygens (including phenoxy) is 1. The summed E-state index contributed by atoms with van der Waals surface area (Å²) in [6.45, 7) is 12.7. The van der Waals surface area contributed by atoms with E-state index < -0.39 is 8.32 Å². The van der Waals surface area contributed by atoms with Crippen molar-refractivity contribution in [3.8, 4) is 0 Å². The van der Waals surface area contributed by atoms with Crippen molar-refractivity contribution in [3.63, 3.8) is 0 Å². The molecule has 0 radical (unpaired) electrons. The van der Waals surface area contributed by atoms with E-state index in [9.17, 15) is 9.59 Å². The van der Waals surface area contributed by atoms with Crippen LogP contribution < -0.4 is 0 Å². The molecule has 0 aromatic heterocycles. The van der Waals surface area contributed by atoms with Crippen molar-refractivity contribution in [2.24, 2.45) is 0 Å². The number of esters is 1. The molecule has 0 aromatic carbocycles. The van der Waals surface area contributed by atoms with Gasteiger partial charge in [0, 0.05) is 6.42 Å². The van der Waals surface area contributed by atoms with Crippen molar-refractivity contribution >= 4 is 36.0 Å². The average molecular weight is 367 g/mol. The van der Waals surface area contributed by atoms with Gasteiger partial charge in [-0.25, -0.2) is 0 Å². The van der Waals surface area contributed by atoms with E-state index >= 15 is 0 Å². The molecule has 0 spiro atoms. The molecule has 0 saturated heterocycles. The Morgan fingerprint density at radius 3 is 2.15 bits per heavy atom. The number of carbonyl (C=O) groups excluding carboxylic acids is 2. The summed E-state index contributed by atoms with van der Waals surface area (Å²) in [5, 5.41) is 0.324. The number of ketones is 1. The van der Waals surface area contributed by atoms with Crippen LogP contribution in [0, 0.1) is 0 Å². The van der Waals surface area contributed by atoms with Crippen molar-refractivity contribution in [2.45, 2.75) is 64.8 Å². The van der Waals surface area contributed by atoms with Crippen molar-refractivity contribution in [1.29, 1.82) is 0 Å². The van der Waals surface area contributed by atoms with E-state index in [1.54, 1.807) is 6.92 Å². The van der Waals surface area contributed by atoms with E-state index in [1.807, 2.05) is 0 Å². The second-order valence-electron chi connectivity index (χ2n) is 6.39. The Bertz CT molecular complexity index is 337. The molecule has 0 rings (SSSR count). The zero-order chi connectivity index (χ0) is 16.0. The summed E-state index contributed by atoms with van der Waals surface area (Å²) in [6, 6.07) is 0. The molecule has 0 amide bonds. The Labute approximate surface area is 131 Å². The third-order valence-corrected chi connectivity index (χ3v) is 8.73. The van der Waals surface area contributed by atoms with Crippen molar-refractivity contribution in [1.82, 2.24) is 0 Å². The van der Waals surface area contributed by atoms with Crippen molar-refractivity contribution in [3.05, 3.63) is 0 Å². The Morgan fingerprint density at radius 1 is 1.20 bits per heavy atom. The first-order valence-electron chi connectivity index (χ1n) is 6.94. The van der Waals surface area contributed by atoms with Crippen LogP contribution in [0.5, 0.6) is 0 Å². The number of rotatable bonds is 8. The second kappa shape index (κ2) is 8.29. The largest absolute Gasteiger partial charge is 0.466 e. The van der Waals surface area contributed by atoms with E-state index in [0.29, 0.717) is 6.61 Å². The molecule has 0 N–H and O–H groups in total. The number of halogens is 1. The monoisotopic (exact) mass is 366 g/mol. The topological polar surface area (TPSA) is 52.6 Å². The lowest BCUT2D eigenvalue weighted by Crippen LogP contribution is -2.45. The molecular weight excluding hydrogens is 340 g/mol. The summed E-state index contributed by atoms with van der Waals surface area (Å²) in [4.78, 5) is 23.3. The maximum Gasteiger partial charge on any atom is 0.308 e. The Balaban J connectivity index is 4.85. The third kappa shape index (κ3) is 6.99. The smallest absolute Gasteiger partial charge is 0.308 e. The Hall–Kier alpha value is -0.203. The Morgan fingerprint density at radius 2 is 1.75 bits per heavy atom. The average Bonchev–Trinajstić information content (AvgIpc) is 2.26. The molecule has 20 heavy (non-hydrogen) atoms. The van der Waals surface area contributed by atoms with E-state index in [4.69, 9.17) is 9.16 Å². The standard InChI is InChI=1S/C14H27BrO4Si/c1-7-18-13(17)9-12(8-11(16)10-15)19-20(5,6)14(2,3)4/h12H,7-10H2,1-6H3/t12-/m1/s1. The van der Waals surface area contributed by atoms with Gasteiger partial charge in [-0.2, -0.15) is 0 Å². The highest BCUT2D eigenvalue weighted by Crippen LogP contribution is 2.38.